The smallest absolute Gasteiger partial charge is 0.0537 e. The lowest BCUT2D eigenvalue weighted by molar-refractivity contribution is 0.660. The number of fused-ring (bicyclic) bond motifs is 6. The van der Waals surface area contributed by atoms with Crippen LogP contribution >= 0.6 is 0 Å². The highest BCUT2D eigenvalue weighted by atomic mass is 15.1. The quantitative estimate of drug-likeness (QED) is 0.190. The summed E-state index contributed by atoms with van der Waals surface area (Å²) in [5, 5.41) is 1.37. The lowest BCUT2D eigenvalue weighted by Crippen LogP contribution is -2.17. The maximum Gasteiger partial charge on any atom is 0.0537 e. The molecule has 0 N–H and O–H groups in total. The van der Waals surface area contributed by atoms with Crippen molar-refractivity contribution in [2.45, 2.75) is 32.1 Å². The van der Waals surface area contributed by atoms with Gasteiger partial charge in [0.2, 0.25) is 0 Å². The Balaban J connectivity index is 1.14. The first kappa shape index (κ1) is 27.7. The first-order valence-electron chi connectivity index (χ1n) is 16.7. The summed E-state index contributed by atoms with van der Waals surface area (Å²) in [6.07, 6.45) is 6.84. The Hall–Kier alpha value is -5.60. The molecule has 0 fully saturated rings. The van der Waals surface area contributed by atoms with E-state index in [0.717, 1.165) is 24.2 Å². The van der Waals surface area contributed by atoms with Crippen LogP contribution in [0.5, 0.6) is 0 Å². The molecular weight excluding hydrogens is 569 g/mol. The number of allylic oxidation sites excluding steroid dienone is 1. The van der Waals surface area contributed by atoms with Crippen molar-refractivity contribution in [1.29, 1.82) is 0 Å². The molecule has 226 valence electrons. The number of aromatic nitrogens is 1. The van der Waals surface area contributed by atoms with Gasteiger partial charge in [-0.2, -0.15) is 0 Å². The van der Waals surface area contributed by atoms with Gasteiger partial charge in [0.25, 0.3) is 0 Å². The molecule has 0 radical (unpaired) electrons. The molecule has 0 aliphatic heterocycles. The first-order valence-corrected chi connectivity index (χ1v) is 16.7. The fourth-order valence-corrected chi connectivity index (χ4v) is 7.91. The predicted molar refractivity (Wildman–Crippen MR) is 198 cm³/mol. The molecule has 0 bridgehead atoms. The minimum absolute atomic E-state index is 0.158. The molecule has 9 rings (SSSR count). The summed E-state index contributed by atoms with van der Waals surface area (Å²) in [6.45, 7) is 4.77. The maximum atomic E-state index is 2.47. The molecule has 1 aromatic heterocycles. The highest BCUT2D eigenvalue weighted by Crippen LogP contribution is 2.51. The zero-order valence-corrected chi connectivity index (χ0v) is 26.8. The van der Waals surface area contributed by atoms with Crippen LogP contribution in [0.3, 0.4) is 0 Å². The second-order valence-corrected chi connectivity index (χ2v) is 13.3. The third kappa shape index (κ3) is 4.40. The summed E-state index contributed by atoms with van der Waals surface area (Å²) in [5.41, 5.74) is 16.5. The molecule has 0 saturated heterocycles. The van der Waals surface area contributed by atoms with Crippen LogP contribution < -0.4 is 4.90 Å². The third-order valence-corrected chi connectivity index (χ3v) is 10.3. The van der Waals surface area contributed by atoms with E-state index < -0.39 is 0 Å². The summed E-state index contributed by atoms with van der Waals surface area (Å²) in [5.74, 6) is 0. The zero-order chi connectivity index (χ0) is 31.5. The summed E-state index contributed by atoms with van der Waals surface area (Å²) >= 11 is 0. The summed E-state index contributed by atoms with van der Waals surface area (Å²) in [6, 6.07) is 53.3. The minimum Gasteiger partial charge on any atom is -0.310 e. The van der Waals surface area contributed by atoms with Gasteiger partial charge in [-0.15, -0.1) is 0 Å². The van der Waals surface area contributed by atoms with Gasteiger partial charge in [0.15, 0.2) is 0 Å². The van der Waals surface area contributed by atoms with Crippen LogP contribution in [0.1, 0.15) is 42.7 Å². The monoisotopic (exact) mass is 604 g/mol. The highest BCUT2D eigenvalue weighted by Gasteiger charge is 2.36. The Morgan fingerprint density at radius 3 is 1.98 bits per heavy atom. The lowest BCUT2D eigenvalue weighted by Gasteiger charge is -2.28. The second kappa shape index (κ2) is 10.7. The molecular formula is C45H36N2. The Bertz CT molecular complexity index is 2310. The van der Waals surface area contributed by atoms with Crippen LogP contribution in [0.25, 0.3) is 44.9 Å². The molecule has 1 heterocycles. The molecule has 0 spiro atoms. The number of nitrogens with zero attached hydrogens (tertiary/aromatic N) is 2. The van der Waals surface area contributed by atoms with Gasteiger partial charge >= 0.3 is 0 Å². The first-order chi connectivity index (χ1) is 23.1. The molecule has 2 heteroatoms. The molecule has 6 aromatic carbocycles. The van der Waals surface area contributed by atoms with Gasteiger partial charge in [-0.1, -0.05) is 111 Å². The van der Waals surface area contributed by atoms with Gasteiger partial charge < -0.3 is 9.47 Å². The van der Waals surface area contributed by atoms with Crippen molar-refractivity contribution >= 4 is 34.0 Å². The molecule has 0 unspecified atom stereocenters. The van der Waals surface area contributed by atoms with E-state index in [-0.39, 0.29) is 5.41 Å². The van der Waals surface area contributed by atoms with Gasteiger partial charge in [-0.3, -0.25) is 0 Å². The van der Waals surface area contributed by atoms with E-state index in [1.165, 1.54) is 66.9 Å². The van der Waals surface area contributed by atoms with Gasteiger partial charge in [0.1, 0.15) is 0 Å². The van der Waals surface area contributed by atoms with Crippen molar-refractivity contribution in [2.75, 3.05) is 4.90 Å². The molecule has 7 aromatic rings. The molecule has 0 amide bonds. The number of hydrogen-bond donors (Lipinski definition) is 0. The number of anilines is 3. The van der Waals surface area contributed by atoms with Crippen molar-refractivity contribution in [2.24, 2.45) is 0 Å². The van der Waals surface area contributed by atoms with Crippen LogP contribution in [0.2, 0.25) is 0 Å². The second-order valence-electron chi connectivity index (χ2n) is 13.3. The van der Waals surface area contributed by atoms with Gasteiger partial charge in [0.05, 0.1) is 5.52 Å². The van der Waals surface area contributed by atoms with Crippen molar-refractivity contribution in [3.63, 3.8) is 0 Å². The highest BCUT2D eigenvalue weighted by molar-refractivity contribution is 5.92. The molecule has 2 aliphatic carbocycles. The Labute approximate surface area is 276 Å². The summed E-state index contributed by atoms with van der Waals surface area (Å²) in [7, 11) is 0. The van der Waals surface area contributed by atoms with Crippen molar-refractivity contribution in [1.82, 2.24) is 4.57 Å². The lowest BCUT2D eigenvalue weighted by atomic mass is 9.82. The molecule has 2 aliphatic rings. The van der Waals surface area contributed by atoms with Crippen molar-refractivity contribution < 1.29 is 0 Å². The van der Waals surface area contributed by atoms with E-state index in [4.69, 9.17) is 0 Å². The van der Waals surface area contributed by atoms with E-state index in [2.05, 4.69) is 181 Å². The van der Waals surface area contributed by atoms with Gasteiger partial charge in [-0.05, 0) is 112 Å². The standard InChI is InChI=1S/C45H36N2/c1-45(2)41-29-35(46(33-15-7-4-8-16-33)34-23-21-32(22-24-34)31-13-5-3-6-14-31)25-27-37(41)38-28-26-36(30-42(38)45)47-43-19-11-9-17-39(43)40-18-10-12-20-44(40)47/h3-9,11-17,19-30H,10,18H2,1-2H3. The molecule has 0 saturated carbocycles. The largest absolute Gasteiger partial charge is 0.310 e. The summed E-state index contributed by atoms with van der Waals surface area (Å²) < 4.78 is 2.47. The fourth-order valence-electron chi connectivity index (χ4n) is 7.91. The summed E-state index contributed by atoms with van der Waals surface area (Å²) in [4.78, 5) is 2.38. The SMILES string of the molecule is CC1(C)c2cc(N(c3ccccc3)c3ccc(-c4ccccc4)cc3)ccc2-c2ccc(-n3c4c(c5ccccc53)CCC=C4)cc21. The molecule has 2 nitrogen and oxygen atoms in total. The van der Waals surface area contributed by atoms with E-state index >= 15 is 0 Å². The van der Waals surface area contributed by atoms with E-state index in [0.29, 0.717) is 0 Å². The number of para-hydroxylation sites is 2. The number of rotatable bonds is 5. The third-order valence-electron chi connectivity index (χ3n) is 10.3. The van der Waals surface area contributed by atoms with Gasteiger partial charge in [0, 0.05) is 39.2 Å². The van der Waals surface area contributed by atoms with Crippen molar-refractivity contribution in [3.05, 3.63) is 174 Å². The Kier molecular flexibility index (Phi) is 6.33. The minimum atomic E-state index is -0.158. The number of hydrogen-bond acceptors (Lipinski definition) is 1. The van der Waals surface area contributed by atoms with Crippen LogP contribution in [-0.2, 0) is 11.8 Å². The fraction of sp³-hybridized carbons (Fsp3) is 0.111. The topological polar surface area (TPSA) is 8.17 Å². The molecule has 47 heavy (non-hydrogen) atoms. The zero-order valence-electron chi connectivity index (χ0n) is 26.8. The van der Waals surface area contributed by atoms with Crippen molar-refractivity contribution in [3.8, 4) is 27.9 Å². The Morgan fingerprint density at radius 2 is 1.19 bits per heavy atom. The number of benzene rings is 6. The average molecular weight is 605 g/mol. The van der Waals surface area contributed by atoms with Gasteiger partial charge in [-0.25, -0.2) is 0 Å². The normalized spacial score (nSPS) is 14.1. The maximum absolute atomic E-state index is 2.47. The van der Waals surface area contributed by atoms with Crippen LogP contribution in [0, 0.1) is 0 Å². The molecule has 0 atom stereocenters. The Morgan fingerprint density at radius 1 is 0.574 bits per heavy atom. The van der Waals surface area contributed by atoms with E-state index in [1.807, 2.05) is 0 Å². The average Bonchev–Trinajstić information content (AvgIpc) is 3.58. The van der Waals surface area contributed by atoms with Crippen LogP contribution in [-0.4, -0.2) is 4.57 Å². The predicted octanol–water partition coefficient (Wildman–Crippen LogP) is 12.0. The van der Waals surface area contributed by atoms with Crippen LogP contribution in [0.4, 0.5) is 17.1 Å². The van der Waals surface area contributed by atoms with Crippen LogP contribution in [0.15, 0.2) is 152 Å². The number of aryl methyl sites for hydroxylation is 1. The van der Waals surface area contributed by atoms with E-state index in [1.54, 1.807) is 0 Å². The van der Waals surface area contributed by atoms with E-state index in [9.17, 15) is 0 Å².